The predicted molar refractivity (Wildman–Crippen MR) is 142 cm³/mol. The minimum absolute atomic E-state index is 0.0750. The molecule has 0 saturated carbocycles. The lowest BCUT2D eigenvalue weighted by Gasteiger charge is -2.34. The quantitative estimate of drug-likeness (QED) is 0.249. The highest BCUT2D eigenvalue weighted by Gasteiger charge is 2.35. The van der Waals surface area contributed by atoms with Gasteiger partial charge < -0.3 is 19.7 Å². The number of hydrogen-bond donors (Lipinski definition) is 1. The summed E-state index contributed by atoms with van der Waals surface area (Å²) in [6, 6.07) is 6.89. The SMILES string of the molecule is CCCCCCCCCCOC(=O)CC1C(=O)NCCN1C(=O)COc1ccc(C(C)(C)CC)cc1. The van der Waals surface area contributed by atoms with Gasteiger partial charge in [0.15, 0.2) is 6.61 Å². The van der Waals surface area contributed by atoms with E-state index in [0.717, 1.165) is 25.7 Å². The Bertz CT molecular complexity index is 821. The van der Waals surface area contributed by atoms with E-state index in [2.05, 4.69) is 33.0 Å². The topological polar surface area (TPSA) is 84.9 Å². The zero-order valence-electron chi connectivity index (χ0n) is 22.8. The molecule has 1 aliphatic rings. The Labute approximate surface area is 217 Å². The largest absolute Gasteiger partial charge is 0.484 e. The van der Waals surface area contributed by atoms with Crippen LogP contribution in [0.1, 0.15) is 97.5 Å². The van der Waals surface area contributed by atoms with Crippen molar-refractivity contribution in [3.8, 4) is 5.75 Å². The Balaban J connectivity index is 1.77. The average Bonchev–Trinajstić information content (AvgIpc) is 2.87. The summed E-state index contributed by atoms with van der Waals surface area (Å²) in [6.45, 7) is 9.60. The minimum atomic E-state index is -0.867. The second kappa shape index (κ2) is 15.5. The van der Waals surface area contributed by atoms with E-state index in [4.69, 9.17) is 9.47 Å². The molecule has 1 unspecified atom stereocenters. The van der Waals surface area contributed by atoms with E-state index in [1.54, 1.807) is 0 Å². The van der Waals surface area contributed by atoms with Crippen molar-refractivity contribution >= 4 is 17.8 Å². The lowest BCUT2D eigenvalue weighted by atomic mass is 9.82. The Kier molecular flexibility index (Phi) is 12.8. The van der Waals surface area contributed by atoms with Crippen LogP contribution in [0, 0.1) is 0 Å². The molecule has 1 aromatic carbocycles. The molecule has 36 heavy (non-hydrogen) atoms. The Hall–Kier alpha value is -2.57. The molecule has 1 fully saturated rings. The molecule has 1 N–H and O–H groups in total. The fourth-order valence-corrected chi connectivity index (χ4v) is 4.29. The molecular weight excluding hydrogens is 456 g/mol. The van der Waals surface area contributed by atoms with Crippen LogP contribution in [0.25, 0.3) is 0 Å². The Morgan fingerprint density at radius 2 is 1.64 bits per heavy atom. The molecule has 0 aliphatic carbocycles. The van der Waals surface area contributed by atoms with E-state index < -0.39 is 12.0 Å². The van der Waals surface area contributed by atoms with Gasteiger partial charge >= 0.3 is 5.97 Å². The van der Waals surface area contributed by atoms with E-state index >= 15 is 0 Å². The number of esters is 1. The summed E-state index contributed by atoms with van der Waals surface area (Å²) in [6.07, 6.45) is 10.2. The van der Waals surface area contributed by atoms with Crippen LogP contribution in [0.4, 0.5) is 0 Å². The maximum absolute atomic E-state index is 12.9. The molecule has 0 spiro atoms. The van der Waals surface area contributed by atoms with Crippen molar-refractivity contribution in [2.75, 3.05) is 26.3 Å². The van der Waals surface area contributed by atoms with Crippen LogP contribution in [-0.4, -0.2) is 55.0 Å². The minimum Gasteiger partial charge on any atom is -0.484 e. The molecular formula is C29H46N2O5. The molecule has 0 bridgehead atoms. The normalized spacial score (nSPS) is 15.9. The number of rotatable bonds is 16. The summed E-state index contributed by atoms with van der Waals surface area (Å²) in [5.41, 5.74) is 1.29. The first kappa shape index (κ1) is 29.7. The van der Waals surface area contributed by atoms with Gasteiger partial charge in [0.2, 0.25) is 5.91 Å². The zero-order chi connectivity index (χ0) is 26.4. The number of nitrogens with one attached hydrogen (secondary N) is 1. The number of piperazine rings is 1. The average molecular weight is 503 g/mol. The molecule has 2 rings (SSSR count). The third-order valence-corrected chi connectivity index (χ3v) is 7.15. The van der Waals surface area contributed by atoms with Gasteiger partial charge in [0, 0.05) is 13.1 Å². The Morgan fingerprint density at radius 1 is 1.00 bits per heavy atom. The molecule has 7 heteroatoms. The fraction of sp³-hybridized carbons (Fsp3) is 0.690. The summed E-state index contributed by atoms with van der Waals surface area (Å²) < 4.78 is 11.1. The van der Waals surface area contributed by atoms with E-state index in [1.165, 1.54) is 42.6 Å². The number of ether oxygens (including phenoxy) is 2. The van der Waals surface area contributed by atoms with Crippen LogP contribution in [0.3, 0.4) is 0 Å². The number of amides is 2. The number of carbonyl (C=O) groups is 3. The van der Waals surface area contributed by atoms with E-state index in [0.29, 0.717) is 25.4 Å². The monoisotopic (exact) mass is 502 g/mol. The van der Waals surface area contributed by atoms with Gasteiger partial charge in [-0.2, -0.15) is 0 Å². The fourth-order valence-electron chi connectivity index (χ4n) is 4.29. The number of hydrogen-bond acceptors (Lipinski definition) is 5. The molecule has 1 heterocycles. The molecule has 7 nitrogen and oxygen atoms in total. The summed E-state index contributed by atoms with van der Waals surface area (Å²) in [5.74, 6) is -0.497. The van der Waals surface area contributed by atoms with Crippen molar-refractivity contribution in [3.63, 3.8) is 0 Å². The van der Waals surface area contributed by atoms with Crippen molar-refractivity contribution in [2.24, 2.45) is 0 Å². The molecule has 1 atom stereocenters. The molecule has 202 valence electrons. The van der Waals surface area contributed by atoms with Gasteiger partial charge in [-0.25, -0.2) is 0 Å². The smallest absolute Gasteiger partial charge is 0.308 e. The van der Waals surface area contributed by atoms with Gasteiger partial charge in [-0.3, -0.25) is 14.4 Å². The highest BCUT2D eigenvalue weighted by Crippen LogP contribution is 2.28. The number of benzene rings is 1. The molecule has 1 aliphatic heterocycles. The third kappa shape index (κ3) is 9.82. The van der Waals surface area contributed by atoms with Gasteiger partial charge in [-0.05, 0) is 36.0 Å². The van der Waals surface area contributed by atoms with Crippen molar-refractivity contribution in [3.05, 3.63) is 29.8 Å². The lowest BCUT2D eigenvalue weighted by molar-refractivity contribution is -0.152. The third-order valence-electron chi connectivity index (χ3n) is 7.15. The number of carbonyl (C=O) groups excluding carboxylic acids is 3. The van der Waals surface area contributed by atoms with Gasteiger partial charge in [-0.1, -0.05) is 84.8 Å². The molecule has 1 saturated heterocycles. The van der Waals surface area contributed by atoms with Crippen LogP contribution in [-0.2, 0) is 24.5 Å². The molecule has 0 radical (unpaired) electrons. The predicted octanol–water partition coefficient (Wildman–Crippen LogP) is 5.15. The summed E-state index contributed by atoms with van der Waals surface area (Å²) in [5, 5.41) is 2.75. The molecule has 1 aromatic rings. The molecule has 0 aromatic heterocycles. The van der Waals surface area contributed by atoms with Crippen LogP contribution < -0.4 is 10.1 Å². The maximum atomic E-state index is 12.9. The van der Waals surface area contributed by atoms with E-state index in [1.807, 2.05) is 24.3 Å². The van der Waals surface area contributed by atoms with Crippen LogP contribution in [0.2, 0.25) is 0 Å². The van der Waals surface area contributed by atoms with Crippen molar-refractivity contribution in [2.45, 2.75) is 103 Å². The second-order valence-corrected chi connectivity index (χ2v) is 10.3. The van der Waals surface area contributed by atoms with Gasteiger partial charge in [0.25, 0.3) is 5.91 Å². The first-order chi connectivity index (χ1) is 17.3. The molecule has 2 amide bonds. The van der Waals surface area contributed by atoms with Crippen molar-refractivity contribution in [1.82, 2.24) is 10.2 Å². The summed E-state index contributed by atoms with van der Waals surface area (Å²) >= 11 is 0. The van der Waals surface area contributed by atoms with Crippen LogP contribution in [0.15, 0.2) is 24.3 Å². The zero-order valence-corrected chi connectivity index (χ0v) is 22.8. The Morgan fingerprint density at radius 3 is 2.28 bits per heavy atom. The van der Waals surface area contributed by atoms with Crippen LogP contribution >= 0.6 is 0 Å². The van der Waals surface area contributed by atoms with Crippen molar-refractivity contribution in [1.29, 1.82) is 0 Å². The number of nitrogens with zero attached hydrogens (tertiary/aromatic N) is 1. The summed E-state index contributed by atoms with van der Waals surface area (Å²) in [4.78, 5) is 39.1. The van der Waals surface area contributed by atoms with E-state index in [-0.39, 0.29) is 30.3 Å². The lowest BCUT2D eigenvalue weighted by Crippen LogP contribution is -2.58. The first-order valence-corrected chi connectivity index (χ1v) is 13.7. The van der Waals surface area contributed by atoms with Gasteiger partial charge in [0.05, 0.1) is 13.0 Å². The maximum Gasteiger partial charge on any atom is 0.308 e. The van der Waals surface area contributed by atoms with Crippen LogP contribution in [0.5, 0.6) is 5.75 Å². The first-order valence-electron chi connectivity index (χ1n) is 13.7. The van der Waals surface area contributed by atoms with Crippen molar-refractivity contribution < 1.29 is 23.9 Å². The summed E-state index contributed by atoms with van der Waals surface area (Å²) in [7, 11) is 0. The standard InChI is InChI=1S/C29H46N2O5/c1-5-7-8-9-10-11-12-13-20-35-27(33)21-25-28(34)30-18-19-31(25)26(32)22-36-24-16-14-23(15-17-24)29(3,4)6-2/h14-17,25H,5-13,18-22H2,1-4H3,(H,30,34). The van der Waals surface area contributed by atoms with Gasteiger partial charge in [-0.15, -0.1) is 0 Å². The van der Waals surface area contributed by atoms with Gasteiger partial charge in [0.1, 0.15) is 11.8 Å². The number of unbranched alkanes of at least 4 members (excludes halogenated alkanes) is 7. The highest BCUT2D eigenvalue weighted by molar-refractivity contribution is 5.92. The highest BCUT2D eigenvalue weighted by atomic mass is 16.5. The second-order valence-electron chi connectivity index (χ2n) is 10.3. The van der Waals surface area contributed by atoms with E-state index in [9.17, 15) is 14.4 Å².